The van der Waals surface area contributed by atoms with E-state index >= 15 is 0 Å². The van der Waals surface area contributed by atoms with Crippen LogP contribution in [0.2, 0.25) is 0 Å². The molecule has 3 rings (SSSR count). The van der Waals surface area contributed by atoms with Crippen LogP contribution in [0.15, 0.2) is 59.3 Å². The minimum absolute atomic E-state index is 0.0730. The number of rotatable bonds is 8. The molecule has 150 valence electrons. The number of halogens is 1. The Morgan fingerprint density at radius 1 is 1.14 bits per heavy atom. The van der Waals surface area contributed by atoms with Crippen LogP contribution in [0, 0.1) is 10.1 Å². The summed E-state index contributed by atoms with van der Waals surface area (Å²) in [5.41, 5.74) is 0.286. The molecule has 0 aliphatic carbocycles. The Hall–Kier alpha value is -3.39. The van der Waals surface area contributed by atoms with Gasteiger partial charge in [-0.15, -0.1) is 0 Å². The van der Waals surface area contributed by atoms with Crippen LogP contribution in [0.5, 0.6) is 5.75 Å². The van der Waals surface area contributed by atoms with Crippen LogP contribution in [0.3, 0.4) is 0 Å². The van der Waals surface area contributed by atoms with Crippen molar-refractivity contribution in [3.05, 3.63) is 69.4 Å². The summed E-state index contributed by atoms with van der Waals surface area (Å²) in [5, 5.41) is 13.5. The van der Waals surface area contributed by atoms with E-state index in [1.807, 2.05) is 0 Å². The van der Waals surface area contributed by atoms with Gasteiger partial charge < -0.3 is 10.1 Å². The maximum atomic E-state index is 12.8. The van der Waals surface area contributed by atoms with Gasteiger partial charge in [0.2, 0.25) is 0 Å². The molecule has 1 aliphatic rings. The number of hydrogen-bond donors (Lipinski definition) is 1. The topological polar surface area (TPSA) is 102 Å². The number of nitro groups is 1. The van der Waals surface area contributed by atoms with E-state index in [2.05, 4.69) is 12.2 Å². The fourth-order valence-corrected chi connectivity index (χ4v) is 2.92. The van der Waals surface area contributed by atoms with Crippen molar-refractivity contribution in [2.75, 3.05) is 16.8 Å². The Balaban J connectivity index is 1.77. The molecule has 0 bridgehead atoms. The highest BCUT2D eigenvalue weighted by molar-refractivity contribution is 6.53. The van der Waals surface area contributed by atoms with Gasteiger partial charge in [0.1, 0.15) is 16.5 Å². The number of carbonyl (C=O) groups excluding carboxylic acids is 2. The summed E-state index contributed by atoms with van der Waals surface area (Å²) in [6, 6.07) is 12.1. The number of unbranched alkanes of at least 4 members (excludes halogenated alkanes) is 1. The highest BCUT2D eigenvalue weighted by Crippen LogP contribution is 2.32. The zero-order valence-electron chi connectivity index (χ0n) is 15.6. The number of hydrogen-bond acceptors (Lipinski definition) is 6. The van der Waals surface area contributed by atoms with Crippen molar-refractivity contribution < 1.29 is 19.2 Å². The van der Waals surface area contributed by atoms with E-state index < -0.39 is 16.7 Å². The van der Waals surface area contributed by atoms with Gasteiger partial charge in [-0.2, -0.15) is 0 Å². The van der Waals surface area contributed by atoms with Crippen molar-refractivity contribution in [2.45, 2.75) is 19.8 Å². The Morgan fingerprint density at radius 2 is 1.86 bits per heavy atom. The van der Waals surface area contributed by atoms with Gasteiger partial charge in [0.25, 0.3) is 17.5 Å². The third-order valence-electron chi connectivity index (χ3n) is 4.22. The molecule has 0 atom stereocenters. The standard InChI is InChI=1S/C20H18ClN3O5/c1-2-3-11-29-16-9-7-13(8-10-16)22-18-17(21)19(25)23(20(18)26)14-5-4-6-15(12-14)24(27)28/h4-10,12,22H,2-3,11H2,1H3. The number of imide groups is 1. The van der Waals surface area contributed by atoms with Crippen molar-refractivity contribution in [1.82, 2.24) is 0 Å². The highest BCUT2D eigenvalue weighted by Gasteiger charge is 2.39. The molecule has 29 heavy (non-hydrogen) atoms. The van der Waals surface area contributed by atoms with Gasteiger partial charge in [-0.3, -0.25) is 19.7 Å². The highest BCUT2D eigenvalue weighted by atomic mass is 35.5. The first-order valence-electron chi connectivity index (χ1n) is 8.95. The number of nitrogens with zero attached hydrogens (tertiary/aromatic N) is 2. The number of carbonyl (C=O) groups is 2. The monoisotopic (exact) mass is 415 g/mol. The zero-order chi connectivity index (χ0) is 21.0. The van der Waals surface area contributed by atoms with Crippen molar-refractivity contribution in [3.63, 3.8) is 0 Å². The van der Waals surface area contributed by atoms with E-state index in [1.54, 1.807) is 24.3 Å². The molecule has 1 N–H and O–H groups in total. The normalized spacial score (nSPS) is 13.8. The number of non-ortho nitro benzene ring substituents is 1. The van der Waals surface area contributed by atoms with Crippen molar-refractivity contribution in [3.8, 4) is 5.75 Å². The molecule has 8 nitrogen and oxygen atoms in total. The number of anilines is 2. The first-order valence-corrected chi connectivity index (χ1v) is 9.33. The van der Waals surface area contributed by atoms with Crippen LogP contribution in [0.4, 0.5) is 17.1 Å². The fourth-order valence-electron chi connectivity index (χ4n) is 2.70. The molecule has 9 heteroatoms. The number of benzene rings is 2. The van der Waals surface area contributed by atoms with Gasteiger partial charge in [0.15, 0.2) is 0 Å². The summed E-state index contributed by atoms with van der Waals surface area (Å²) >= 11 is 6.08. The van der Waals surface area contributed by atoms with E-state index in [9.17, 15) is 19.7 Å². The lowest BCUT2D eigenvalue weighted by atomic mass is 10.2. The van der Waals surface area contributed by atoms with Gasteiger partial charge in [-0.25, -0.2) is 4.90 Å². The second-order valence-electron chi connectivity index (χ2n) is 6.26. The lowest BCUT2D eigenvalue weighted by Gasteiger charge is -2.15. The third-order valence-corrected chi connectivity index (χ3v) is 4.57. The summed E-state index contributed by atoms with van der Waals surface area (Å²) in [7, 11) is 0. The molecule has 0 fully saturated rings. The van der Waals surface area contributed by atoms with Gasteiger partial charge >= 0.3 is 0 Å². The zero-order valence-corrected chi connectivity index (χ0v) is 16.3. The molecule has 0 spiro atoms. The second kappa shape index (κ2) is 8.74. The van der Waals surface area contributed by atoms with Crippen LogP contribution in [-0.2, 0) is 9.59 Å². The fraction of sp³-hybridized carbons (Fsp3) is 0.200. The molecular weight excluding hydrogens is 398 g/mol. The number of nitrogens with one attached hydrogen (secondary N) is 1. The Bertz CT molecular complexity index is 988. The predicted octanol–water partition coefficient (Wildman–Crippen LogP) is 4.21. The molecule has 2 aromatic rings. The molecule has 0 unspecified atom stereocenters. The smallest absolute Gasteiger partial charge is 0.283 e. The number of amides is 2. The van der Waals surface area contributed by atoms with E-state index in [4.69, 9.17) is 16.3 Å². The Kier molecular flexibility index (Phi) is 6.13. The number of nitro benzene ring substituents is 1. The molecule has 2 aromatic carbocycles. The van der Waals surface area contributed by atoms with Crippen LogP contribution in [0.25, 0.3) is 0 Å². The Morgan fingerprint density at radius 3 is 2.52 bits per heavy atom. The first kappa shape index (κ1) is 20.3. The summed E-state index contributed by atoms with van der Waals surface area (Å²) in [6.07, 6.45) is 1.98. The largest absolute Gasteiger partial charge is 0.494 e. The molecule has 0 aromatic heterocycles. The van der Waals surface area contributed by atoms with Crippen molar-refractivity contribution in [1.29, 1.82) is 0 Å². The number of ether oxygens (including phenoxy) is 1. The van der Waals surface area contributed by atoms with Crippen LogP contribution in [0.1, 0.15) is 19.8 Å². The third kappa shape index (κ3) is 4.38. The van der Waals surface area contributed by atoms with Gasteiger partial charge in [0, 0.05) is 17.8 Å². The average Bonchev–Trinajstić information content (AvgIpc) is 2.93. The van der Waals surface area contributed by atoms with Gasteiger partial charge in [-0.1, -0.05) is 31.0 Å². The summed E-state index contributed by atoms with van der Waals surface area (Å²) in [6.45, 7) is 2.69. The summed E-state index contributed by atoms with van der Waals surface area (Å²) in [4.78, 5) is 36.4. The van der Waals surface area contributed by atoms with Gasteiger partial charge in [-0.05, 0) is 36.8 Å². The summed E-state index contributed by atoms with van der Waals surface area (Å²) in [5.74, 6) is -0.751. The van der Waals surface area contributed by atoms with Gasteiger partial charge in [0.05, 0.1) is 17.2 Å². The van der Waals surface area contributed by atoms with Crippen LogP contribution in [-0.4, -0.2) is 23.3 Å². The van der Waals surface area contributed by atoms with Crippen molar-refractivity contribution in [2.24, 2.45) is 0 Å². The maximum absolute atomic E-state index is 12.8. The van der Waals surface area contributed by atoms with Crippen LogP contribution < -0.4 is 15.0 Å². The van der Waals surface area contributed by atoms with Crippen molar-refractivity contribution >= 4 is 40.5 Å². The van der Waals surface area contributed by atoms with E-state index in [0.717, 1.165) is 23.8 Å². The lowest BCUT2D eigenvalue weighted by Crippen LogP contribution is -2.32. The minimum atomic E-state index is -0.751. The molecule has 0 saturated carbocycles. The molecule has 0 radical (unpaired) electrons. The SMILES string of the molecule is CCCCOc1ccc(NC2=C(Cl)C(=O)N(c3cccc([N+](=O)[O-])c3)C2=O)cc1. The molecular formula is C20H18ClN3O5. The summed E-state index contributed by atoms with van der Waals surface area (Å²) < 4.78 is 5.59. The first-order chi connectivity index (χ1) is 13.9. The quantitative estimate of drug-likeness (QED) is 0.300. The van der Waals surface area contributed by atoms with E-state index in [1.165, 1.54) is 18.2 Å². The molecule has 2 amide bonds. The van der Waals surface area contributed by atoms with E-state index in [0.29, 0.717) is 18.0 Å². The predicted molar refractivity (Wildman–Crippen MR) is 109 cm³/mol. The maximum Gasteiger partial charge on any atom is 0.283 e. The molecule has 0 saturated heterocycles. The minimum Gasteiger partial charge on any atom is -0.494 e. The Labute approximate surface area is 171 Å². The van der Waals surface area contributed by atoms with E-state index in [-0.39, 0.29) is 22.1 Å². The van der Waals surface area contributed by atoms with Crippen LogP contribution >= 0.6 is 11.6 Å². The molecule has 1 heterocycles. The molecule has 1 aliphatic heterocycles. The average molecular weight is 416 g/mol. The lowest BCUT2D eigenvalue weighted by molar-refractivity contribution is -0.384. The second-order valence-corrected chi connectivity index (χ2v) is 6.64.